The molecule has 1 unspecified atom stereocenters. The van der Waals surface area contributed by atoms with Crippen LogP contribution in [0.2, 0.25) is 0 Å². The SMILES string of the molecule is COCCOCCOCCC(=O)O[C@H]1CC[C@@]2(C)C(=CCC3[C@@H]4CC[C@H]([C@H](C)CCCC(C)(C)O)[C@@]4(C)CC[C@@H]32)C1. The molecule has 0 bridgehead atoms. The minimum absolute atomic E-state index is 0.00483. The lowest BCUT2D eigenvalue weighted by Crippen LogP contribution is -2.51. The van der Waals surface area contributed by atoms with Gasteiger partial charge in [0.2, 0.25) is 0 Å². The van der Waals surface area contributed by atoms with E-state index in [0.29, 0.717) is 44.9 Å². The third-order valence-electron chi connectivity index (χ3n) is 11.8. The Balaban J connectivity index is 1.26. The number of carbonyl (C=O) groups excluding carboxylic acids is 1. The molecule has 4 aliphatic rings. The molecule has 0 spiro atoms. The molecule has 0 saturated heterocycles. The molecule has 6 nitrogen and oxygen atoms in total. The van der Waals surface area contributed by atoms with Gasteiger partial charge in [-0.15, -0.1) is 0 Å². The van der Waals surface area contributed by atoms with Gasteiger partial charge in [-0.1, -0.05) is 45.3 Å². The Labute approximate surface area is 250 Å². The molecule has 236 valence electrons. The van der Waals surface area contributed by atoms with Crippen LogP contribution in [0.3, 0.4) is 0 Å². The smallest absolute Gasteiger partial charge is 0.308 e. The van der Waals surface area contributed by atoms with E-state index >= 15 is 0 Å². The van der Waals surface area contributed by atoms with Crippen molar-refractivity contribution in [3.8, 4) is 0 Å². The maximum Gasteiger partial charge on any atom is 0.308 e. The molecule has 4 rings (SSSR count). The first-order valence-corrected chi connectivity index (χ1v) is 16.7. The zero-order valence-electron chi connectivity index (χ0n) is 27.1. The molecule has 0 aromatic heterocycles. The molecule has 0 heterocycles. The molecule has 8 atom stereocenters. The van der Waals surface area contributed by atoms with Crippen LogP contribution in [0.15, 0.2) is 11.6 Å². The fourth-order valence-corrected chi connectivity index (χ4v) is 9.63. The van der Waals surface area contributed by atoms with E-state index in [1.54, 1.807) is 12.7 Å². The average molecular weight is 577 g/mol. The molecule has 3 fully saturated rings. The number of esters is 1. The van der Waals surface area contributed by atoms with Gasteiger partial charge in [0.25, 0.3) is 0 Å². The Morgan fingerprint density at radius 1 is 1.02 bits per heavy atom. The van der Waals surface area contributed by atoms with Crippen molar-refractivity contribution in [1.82, 2.24) is 0 Å². The summed E-state index contributed by atoms with van der Waals surface area (Å²) < 4.78 is 21.8. The number of methoxy groups -OCH3 is 1. The van der Waals surface area contributed by atoms with Crippen molar-refractivity contribution in [2.24, 2.45) is 40.4 Å². The predicted octanol–water partition coefficient (Wildman–Crippen LogP) is 7.12. The molecule has 0 aromatic carbocycles. The van der Waals surface area contributed by atoms with Gasteiger partial charge in [0.15, 0.2) is 0 Å². The van der Waals surface area contributed by atoms with Crippen molar-refractivity contribution in [2.45, 2.75) is 123 Å². The summed E-state index contributed by atoms with van der Waals surface area (Å²) in [5.41, 5.74) is 1.73. The third-order valence-corrected chi connectivity index (χ3v) is 11.8. The largest absolute Gasteiger partial charge is 0.462 e. The van der Waals surface area contributed by atoms with E-state index in [2.05, 4.69) is 26.8 Å². The van der Waals surface area contributed by atoms with Crippen molar-refractivity contribution in [3.05, 3.63) is 11.6 Å². The summed E-state index contributed by atoms with van der Waals surface area (Å²) in [6.45, 7) is 14.0. The number of hydrogen-bond donors (Lipinski definition) is 1. The van der Waals surface area contributed by atoms with Gasteiger partial charge in [-0.05, 0) is 106 Å². The van der Waals surface area contributed by atoms with Gasteiger partial charge >= 0.3 is 5.97 Å². The Morgan fingerprint density at radius 3 is 2.49 bits per heavy atom. The third kappa shape index (κ3) is 7.96. The summed E-state index contributed by atoms with van der Waals surface area (Å²) in [6.07, 6.45) is 15.8. The van der Waals surface area contributed by atoms with Crippen LogP contribution in [0.1, 0.15) is 112 Å². The summed E-state index contributed by atoms with van der Waals surface area (Å²) in [5, 5.41) is 10.2. The first kappa shape index (κ1) is 33.0. The molecular weight excluding hydrogens is 516 g/mol. The molecule has 41 heavy (non-hydrogen) atoms. The van der Waals surface area contributed by atoms with E-state index in [-0.39, 0.29) is 17.5 Å². The van der Waals surface area contributed by atoms with Crippen molar-refractivity contribution in [1.29, 1.82) is 0 Å². The Kier molecular flexibility index (Phi) is 11.4. The molecule has 0 amide bonds. The second kappa shape index (κ2) is 14.2. The normalized spacial score (nSPS) is 35.7. The standard InChI is InChI=1S/C35H60O6/c1-25(8-7-16-33(2,3)37)29-11-12-30-28-10-9-26-24-27(13-17-34(26,4)31(28)14-18-35(29,30)5)41-32(36)15-19-39-22-23-40-21-20-38-6/h9,25,27-31,37H,7-8,10-24H2,1-6H3/t25-,27+,28?,29-,30+,31+,34+,35-/m1/s1. The minimum atomic E-state index is -0.549. The van der Waals surface area contributed by atoms with Crippen LogP contribution in [0, 0.1) is 40.4 Å². The Hall–Kier alpha value is -0.950. The topological polar surface area (TPSA) is 74.2 Å². The molecule has 0 aromatic rings. The molecule has 3 saturated carbocycles. The molecule has 6 heteroatoms. The van der Waals surface area contributed by atoms with Crippen LogP contribution in [-0.4, -0.2) is 62.9 Å². The van der Waals surface area contributed by atoms with Gasteiger partial charge in [-0.2, -0.15) is 0 Å². The van der Waals surface area contributed by atoms with Gasteiger partial charge in [0, 0.05) is 13.5 Å². The number of carbonyl (C=O) groups is 1. The summed E-state index contributed by atoms with van der Waals surface area (Å²) >= 11 is 0. The fraction of sp³-hybridized carbons (Fsp3) is 0.914. The van der Waals surface area contributed by atoms with Crippen LogP contribution in [-0.2, 0) is 23.7 Å². The number of hydrogen-bond acceptors (Lipinski definition) is 6. The minimum Gasteiger partial charge on any atom is -0.462 e. The monoisotopic (exact) mass is 576 g/mol. The quantitative estimate of drug-likeness (QED) is 0.127. The highest BCUT2D eigenvalue weighted by Crippen LogP contribution is 2.67. The first-order chi connectivity index (χ1) is 19.5. The van der Waals surface area contributed by atoms with Crippen molar-refractivity contribution >= 4 is 5.97 Å². The van der Waals surface area contributed by atoms with E-state index in [1.807, 2.05) is 13.8 Å². The average Bonchev–Trinajstić information content (AvgIpc) is 3.27. The predicted molar refractivity (Wildman–Crippen MR) is 163 cm³/mol. The maximum atomic E-state index is 12.5. The number of ether oxygens (including phenoxy) is 4. The van der Waals surface area contributed by atoms with Gasteiger partial charge in [-0.25, -0.2) is 0 Å². The fourth-order valence-electron chi connectivity index (χ4n) is 9.63. The Bertz CT molecular complexity index is 878. The zero-order chi connectivity index (χ0) is 29.7. The summed E-state index contributed by atoms with van der Waals surface area (Å²) in [7, 11) is 1.65. The molecule has 0 radical (unpaired) electrons. The summed E-state index contributed by atoms with van der Waals surface area (Å²) in [6, 6.07) is 0. The second-order valence-corrected chi connectivity index (χ2v) is 15.0. The van der Waals surface area contributed by atoms with Crippen LogP contribution < -0.4 is 0 Å². The van der Waals surface area contributed by atoms with E-state index in [0.717, 1.165) is 61.7 Å². The first-order valence-electron chi connectivity index (χ1n) is 16.7. The van der Waals surface area contributed by atoms with E-state index in [4.69, 9.17) is 18.9 Å². The lowest BCUT2D eigenvalue weighted by Gasteiger charge is -2.58. The molecular formula is C35H60O6. The van der Waals surface area contributed by atoms with E-state index < -0.39 is 5.60 Å². The molecule has 1 N–H and O–H groups in total. The lowest BCUT2D eigenvalue weighted by molar-refractivity contribution is -0.152. The summed E-state index contributed by atoms with van der Waals surface area (Å²) in [4.78, 5) is 12.5. The number of fused-ring (bicyclic) bond motifs is 5. The van der Waals surface area contributed by atoms with Crippen molar-refractivity contribution in [2.75, 3.05) is 40.1 Å². The lowest BCUT2D eigenvalue weighted by atomic mass is 9.47. The van der Waals surface area contributed by atoms with Gasteiger partial charge in [-0.3, -0.25) is 4.79 Å². The maximum absolute atomic E-state index is 12.5. The second-order valence-electron chi connectivity index (χ2n) is 15.0. The summed E-state index contributed by atoms with van der Waals surface area (Å²) in [5.74, 6) is 3.80. The van der Waals surface area contributed by atoms with Crippen LogP contribution in [0.5, 0.6) is 0 Å². The van der Waals surface area contributed by atoms with Crippen LogP contribution in [0.25, 0.3) is 0 Å². The highest BCUT2D eigenvalue weighted by atomic mass is 16.6. The Morgan fingerprint density at radius 2 is 1.76 bits per heavy atom. The van der Waals surface area contributed by atoms with Crippen molar-refractivity contribution < 1.29 is 28.8 Å². The van der Waals surface area contributed by atoms with Crippen molar-refractivity contribution in [3.63, 3.8) is 0 Å². The zero-order valence-corrected chi connectivity index (χ0v) is 27.1. The van der Waals surface area contributed by atoms with E-state index in [1.165, 1.54) is 38.5 Å². The molecule has 0 aliphatic heterocycles. The van der Waals surface area contributed by atoms with Gasteiger partial charge < -0.3 is 24.1 Å². The number of allylic oxidation sites excluding steroid dienone is 1. The van der Waals surface area contributed by atoms with Gasteiger partial charge in [0.05, 0.1) is 45.1 Å². The van der Waals surface area contributed by atoms with Gasteiger partial charge in [0.1, 0.15) is 6.10 Å². The van der Waals surface area contributed by atoms with E-state index in [9.17, 15) is 9.90 Å². The number of aliphatic hydroxyl groups is 1. The highest BCUT2D eigenvalue weighted by molar-refractivity contribution is 5.69. The molecule has 4 aliphatic carbocycles. The van der Waals surface area contributed by atoms with Crippen LogP contribution >= 0.6 is 0 Å². The highest BCUT2D eigenvalue weighted by Gasteiger charge is 2.59. The van der Waals surface area contributed by atoms with Crippen LogP contribution in [0.4, 0.5) is 0 Å². The number of rotatable bonds is 15.